The van der Waals surface area contributed by atoms with Gasteiger partial charge in [0.2, 0.25) is 17.8 Å². The van der Waals surface area contributed by atoms with Crippen molar-refractivity contribution in [3.63, 3.8) is 0 Å². The lowest BCUT2D eigenvalue weighted by molar-refractivity contribution is -0.115. The third-order valence-electron chi connectivity index (χ3n) is 2.76. The highest BCUT2D eigenvalue weighted by Gasteiger charge is 2.17. The van der Waals surface area contributed by atoms with Crippen molar-refractivity contribution in [2.24, 2.45) is 0 Å². The molecule has 1 atom stereocenters. The lowest BCUT2D eigenvalue weighted by Crippen LogP contribution is -2.23. The first kappa shape index (κ1) is 16.3. The molecule has 9 heteroatoms. The van der Waals surface area contributed by atoms with Gasteiger partial charge in [-0.25, -0.2) is 0 Å². The fraction of sp³-hybridized carbons (Fsp3) is 0.231. The van der Waals surface area contributed by atoms with E-state index in [2.05, 4.69) is 20.3 Å². The summed E-state index contributed by atoms with van der Waals surface area (Å²) in [5.74, 6) is -0.158. The molecule has 5 N–H and O–H groups in total. The smallest absolute Gasteiger partial charge is 0.237 e. The Balaban J connectivity index is 2.07. The molecular formula is C13H15ClN6OS. The topological polar surface area (TPSA) is 120 Å². The van der Waals surface area contributed by atoms with Crippen LogP contribution < -0.4 is 16.8 Å². The molecule has 22 heavy (non-hydrogen) atoms. The van der Waals surface area contributed by atoms with Crippen LogP contribution in [0, 0.1) is 6.92 Å². The van der Waals surface area contributed by atoms with Crippen molar-refractivity contribution >= 4 is 46.9 Å². The lowest BCUT2D eigenvalue weighted by Gasteiger charge is -2.13. The van der Waals surface area contributed by atoms with Gasteiger partial charge in [-0.1, -0.05) is 29.4 Å². The fourth-order valence-corrected chi connectivity index (χ4v) is 2.56. The minimum absolute atomic E-state index is 0.0216. The van der Waals surface area contributed by atoms with Gasteiger partial charge in [0, 0.05) is 10.7 Å². The van der Waals surface area contributed by atoms with Crippen LogP contribution in [0.1, 0.15) is 12.5 Å². The van der Waals surface area contributed by atoms with Gasteiger partial charge >= 0.3 is 0 Å². The number of nitrogens with two attached hydrogens (primary N) is 2. The Kier molecular flexibility index (Phi) is 5.04. The summed E-state index contributed by atoms with van der Waals surface area (Å²) in [6, 6.07) is 5.30. The average molecular weight is 339 g/mol. The Hall–Kier alpha value is -2.06. The molecule has 1 heterocycles. The Bertz CT molecular complexity index is 691. The number of hydrogen-bond acceptors (Lipinski definition) is 7. The quantitative estimate of drug-likeness (QED) is 0.730. The van der Waals surface area contributed by atoms with Crippen LogP contribution in [-0.2, 0) is 4.79 Å². The minimum Gasteiger partial charge on any atom is -0.368 e. The van der Waals surface area contributed by atoms with E-state index in [1.807, 2.05) is 13.0 Å². The lowest BCUT2D eigenvalue weighted by atomic mass is 10.2. The second-order valence-corrected chi connectivity index (χ2v) is 6.29. The van der Waals surface area contributed by atoms with Crippen LogP contribution in [0.3, 0.4) is 0 Å². The van der Waals surface area contributed by atoms with Gasteiger partial charge in [-0.3, -0.25) is 4.79 Å². The average Bonchev–Trinajstić information content (AvgIpc) is 2.41. The molecule has 0 unspecified atom stereocenters. The van der Waals surface area contributed by atoms with Crippen molar-refractivity contribution < 1.29 is 4.79 Å². The second kappa shape index (κ2) is 6.80. The van der Waals surface area contributed by atoms with Crippen LogP contribution >= 0.6 is 23.4 Å². The maximum Gasteiger partial charge on any atom is 0.237 e. The van der Waals surface area contributed by atoms with Crippen LogP contribution in [0.5, 0.6) is 0 Å². The molecule has 0 spiro atoms. The van der Waals surface area contributed by atoms with Crippen molar-refractivity contribution in [2.75, 3.05) is 16.8 Å². The molecule has 0 bridgehead atoms. The SMILES string of the molecule is Cc1ccc(Cl)cc1NC(=O)[C@@H](C)Sc1nc(N)nc(N)n1. The van der Waals surface area contributed by atoms with Gasteiger partial charge in [0.15, 0.2) is 5.16 Å². The first-order valence-electron chi connectivity index (χ1n) is 6.36. The third kappa shape index (κ3) is 4.22. The van der Waals surface area contributed by atoms with Gasteiger partial charge in [-0.05, 0) is 31.5 Å². The molecule has 1 aromatic carbocycles. The molecule has 2 aromatic rings. The van der Waals surface area contributed by atoms with E-state index in [0.717, 1.165) is 17.3 Å². The number of nitrogen functional groups attached to an aromatic ring is 2. The zero-order chi connectivity index (χ0) is 16.3. The molecular weight excluding hydrogens is 324 g/mol. The summed E-state index contributed by atoms with van der Waals surface area (Å²) in [6.07, 6.45) is 0. The van der Waals surface area contributed by atoms with E-state index in [9.17, 15) is 4.79 Å². The van der Waals surface area contributed by atoms with Gasteiger partial charge in [0.25, 0.3) is 0 Å². The Morgan fingerprint density at radius 1 is 1.27 bits per heavy atom. The largest absolute Gasteiger partial charge is 0.368 e. The van der Waals surface area contributed by atoms with Crippen molar-refractivity contribution in [2.45, 2.75) is 24.3 Å². The summed E-state index contributed by atoms with van der Waals surface area (Å²) in [6.45, 7) is 3.62. The maximum absolute atomic E-state index is 12.2. The molecule has 0 saturated heterocycles. The fourth-order valence-electron chi connectivity index (χ4n) is 1.62. The molecule has 1 amide bonds. The first-order chi connectivity index (χ1) is 10.3. The summed E-state index contributed by atoms with van der Waals surface area (Å²) >= 11 is 7.08. The molecule has 0 aliphatic heterocycles. The summed E-state index contributed by atoms with van der Waals surface area (Å²) < 4.78 is 0. The number of nitrogens with one attached hydrogen (secondary N) is 1. The van der Waals surface area contributed by atoms with Crippen LogP contribution in [0.25, 0.3) is 0 Å². The highest BCUT2D eigenvalue weighted by Crippen LogP contribution is 2.24. The van der Waals surface area contributed by atoms with Gasteiger partial charge in [0.05, 0.1) is 5.25 Å². The molecule has 116 valence electrons. The Morgan fingerprint density at radius 2 is 1.91 bits per heavy atom. The number of carbonyl (C=O) groups is 1. The van der Waals surface area contributed by atoms with Gasteiger partial charge < -0.3 is 16.8 Å². The third-order valence-corrected chi connectivity index (χ3v) is 3.95. The van der Waals surface area contributed by atoms with Crippen molar-refractivity contribution in [3.8, 4) is 0 Å². The van der Waals surface area contributed by atoms with Crippen molar-refractivity contribution in [1.82, 2.24) is 15.0 Å². The number of amides is 1. The predicted octanol–water partition coefficient (Wildman–Crippen LogP) is 2.12. The normalized spacial score (nSPS) is 12.0. The number of aryl methyl sites for hydroxylation is 1. The van der Waals surface area contributed by atoms with Crippen LogP contribution in [0.15, 0.2) is 23.4 Å². The summed E-state index contributed by atoms with van der Waals surface area (Å²) in [4.78, 5) is 23.8. The van der Waals surface area contributed by atoms with Gasteiger partial charge in [0.1, 0.15) is 0 Å². The van der Waals surface area contributed by atoms with Crippen LogP contribution in [-0.4, -0.2) is 26.1 Å². The predicted molar refractivity (Wildman–Crippen MR) is 88.8 cm³/mol. The highest BCUT2D eigenvalue weighted by atomic mass is 35.5. The van der Waals surface area contributed by atoms with E-state index in [-0.39, 0.29) is 17.8 Å². The standard InChI is InChI=1S/C13H15ClN6OS/c1-6-3-4-8(14)5-9(6)17-10(21)7(2)22-13-19-11(15)18-12(16)20-13/h3-5,7H,1-2H3,(H,17,21)(H4,15,16,18,19,20)/t7-/m1/s1. The number of aromatic nitrogens is 3. The Labute approximate surface area is 136 Å². The number of carbonyl (C=O) groups excluding carboxylic acids is 1. The molecule has 0 aliphatic carbocycles. The Morgan fingerprint density at radius 3 is 2.55 bits per heavy atom. The summed E-state index contributed by atoms with van der Waals surface area (Å²) in [5.41, 5.74) is 12.6. The number of thioether (sulfide) groups is 1. The number of halogens is 1. The van der Waals surface area contributed by atoms with E-state index in [0.29, 0.717) is 15.9 Å². The number of nitrogens with zero attached hydrogens (tertiary/aromatic N) is 3. The zero-order valence-electron chi connectivity index (χ0n) is 12.0. The second-order valence-electron chi connectivity index (χ2n) is 4.54. The van der Waals surface area contributed by atoms with E-state index in [1.54, 1.807) is 19.1 Å². The molecule has 1 aromatic heterocycles. The number of anilines is 3. The highest BCUT2D eigenvalue weighted by molar-refractivity contribution is 8.00. The molecule has 0 fully saturated rings. The van der Waals surface area contributed by atoms with Crippen LogP contribution in [0.4, 0.5) is 17.6 Å². The molecule has 0 aliphatic rings. The zero-order valence-corrected chi connectivity index (χ0v) is 13.6. The van der Waals surface area contributed by atoms with Gasteiger partial charge in [-0.2, -0.15) is 15.0 Å². The van der Waals surface area contributed by atoms with E-state index in [4.69, 9.17) is 23.1 Å². The molecule has 2 rings (SSSR count). The van der Waals surface area contributed by atoms with Crippen molar-refractivity contribution in [1.29, 1.82) is 0 Å². The molecule has 0 radical (unpaired) electrons. The van der Waals surface area contributed by atoms with E-state index < -0.39 is 5.25 Å². The molecule has 0 saturated carbocycles. The number of rotatable bonds is 4. The number of benzene rings is 1. The van der Waals surface area contributed by atoms with Gasteiger partial charge in [-0.15, -0.1) is 0 Å². The van der Waals surface area contributed by atoms with E-state index in [1.165, 1.54) is 0 Å². The summed E-state index contributed by atoms with van der Waals surface area (Å²) in [7, 11) is 0. The van der Waals surface area contributed by atoms with Crippen LogP contribution in [0.2, 0.25) is 5.02 Å². The minimum atomic E-state index is -0.445. The first-order valence-corrected chi connectivity index (χ1v) is 7.61. The molecule has 7 nitrogen and oxygen atoms in total. The van der Waals surface area contributed by atoms with E-state index >= 15 is 0 Å². The monoisotopic (exact) mass is 338 g/mol. The number of hydrogen-bond donors (Lipinski definition) is 3. The maximum atomic E-state index is 12.2. The van der Waals surface area contributed by atoms with Crippen molar-refractivity contribution in [3.05, 3.63) is 28.8 Å². The summed E-state index contributed by atoms with van der Waals surface area (Å²) in [5, 5.41) is 3.23.